The Bertz CT molecular complexity index is 697. The van der Waals surface area contributed by atoms with E-state index in [1.165, 1.54) is 6.07 Å². The molecule has 1 amide bonds. The van der Waals surface area contributed by atoms with Gasteiger partial charge in [0.15, 0.2) is 0 Å². The van der Waals surface area contributed by atoms with E-state index in [-0.39, 0.29) is 19.6 Å². The number of nitrogens with one attached hydrogen (secondary N) is 1. The summed E-state index contributed by atoms with van der Waals surface area (Å²) in [4.78, 5) is 11.6. The summed E-state index contributed by atoms with van der Waals surface area (Å²) in [5.41, 5.74) is 1.22. The summed E-state index contributed by atoms with van der Waals surface area (Å²) in [5.74, 6) is 0. The minimum absolute atomic E-state index is 0.129. The smallest absolute Gasteiger partial charge is 0.407 e. The van der Waals surface area contributed by atoms with Crippen LogP contribution in [0.15, 0.2) is 48.5 Å². The van der Waals surface area contributed by atoms with Crippen LogP contribution in [0.4, 0.5) is 4.79 Å². The summed E-state index contributed by atoms with van der Waals surface area (Å²) in [6.45, 7) is 0.306. The predicted octanol–water partition coefficient (Wildman–Crippen LogP) is 3.70. The van der Waals surface area contributed by atoms with Crippen molar-refractivity contribution in [1.29, 1.82) is 0 Å². The highest BCUT2D eigenvalue weighted by Crippen LogP contribution is 2.29. The number of rotatable bonds is 7. The Balaban J connectivity index is 1.75. The first kappa shape index (κ1) is 19.5. The lowest BCUT2D eigenvalue weighted by Gasteiger charge is -2.19. The molecule has 0 aromatic heterocycles. The molecule has 0 saturated carbocycles. The van der Waals surface area contributed by atoms with Crippen LogP contribution in [0.1, 0.15) is 23.7 Å². The van der Waals surface area contributed by atoms with E-state index in [2.05, 4.69) is 5.32 Å². The van der Waals surface area contributed by atoms with Crippen molar-refractivity contribution < 1.29 is 19.7 Å². The zero-order valence-electron chi connectivity index (χ0n) is 13.4. The standard InChI is InChI=1S/C18H19Cl2NO4/c19-13-6-7-15(20)14(10-13)17(23)16(22)8-9-21-18(24)25-11-12-4-2-1-3-5-12/h1-7,10,16-17,22-23H,8-9,11H2,(H,21,24). The molecule has 0 heterocycles. The van der Waals surface area contributed by atoms with Crippen LogP contribution in [-0.2, 0) is 11.3 Å². The third-order valence-corrected chi connectivity index (χ3v) is 4.14. The van der Waals surface area contributed by atoms with Crippen LogP contribution < -0.4 is 5.32 Å². The minimum Gasteiger partial charge on any atom is -0.445 e. The molecule has 2 rings (SSSR count). The Kier molecular flexibility index (Phi) is 7.52. The number of halogens is 2. The van der Waals surface area contributed by atoms with E-state index in [1.54, 1.807) is 12.1 Å². The van der Waals surface area contributed by atoms with Gasteiger partial charge in [-0.25, -0.2) is 4.79 Å². The molecule has 0 aliphatic carbocycles. The first-order valence-electron chi connectivity index (χ1n) is 7.73. The maximum atomic E-state index is 11.6. The molecule has 5 nitrogen and oxygen atoms in total. The summed E-state index contributed by atoms with van der Waals surface area (Å²) in [6, 6.07) is 13.9. The van der Waals surface area contributed by atoms with Crippen LogP contribution >= 0.6 is 23.2 Å². The lowest BCUT2D eigenvalue weighted by Crippen LogP contribution is -2.29. The van der Waals surface area contributed by atoms with Crippen molar-refractivity contribution in [2.45, 2.75) is 25.2 Å². The molecule has 134 valence electrons. The van der Waals surface area contributed by atoms with E-state index in [9.17, 15) is 15.0 Å². The van der Waals surface area contributed by atoms with Gasteiger partial charge in [0.25, 0.3) is 0 Å². The quantitative estimate of drug-likeness (QED) is 0.680. The molecule has 2 atom stereocenters. The van der Waals surface area contributed by atoms with Gasteiger partial charge in [-0.2, -0.15) is 0 Å². The molecule has 7 heteroatoms. The van der Waals surface area contributed by atoms with Crippen molar-refractivity contribution in [2.75, 3.05) is 6.54 Å². The molecule has 2 aromatic rings. The highest BCUT2D eigenvalue weighted by atomic mass is 35.5. The number of hydrogen-bond donors (Lipinski definition) is 3. The second kappa shape index (κ2) is 9.63. The fourth-order valence-corrected chi connectivity index (χ4v) is 2.61. The van der Waals surface area contributed by atoms with Gasteiger partial charge in [-0.05, 0) is 30.2 Å². The van der Waals surface area contributed by atoms with E-state index in [0.717, 1.165) is 5.56 Å². The monoisotopic (exact) mass is 383 g/mol. The zero-order chi connectivity index (χ0) is 18.2. The van der Waals surface area contributed by atoms with Gasteiger partial charge >= 0.3 is 6.09 Å². The highest BCUT2D eigenvalue weighted by Gasteiger charge is 2.21. The number of aliphatic hydroxyl groups excluding tert-OH is 2. The van der Waals surface area contributed by atoms with Crippen molar-refractivity contribution in [1.82, 2.24) is 5.32 Å². The highest BCUT2D eigenvalue weighted by molar-refractivity contribution is 6.33. The maximum absolute atomic E-state index is 11.6. The van der Waals surface area contributed by atoms with E-state index in [1.807, 2.05) is 30.3 Å². The molecule has 0 aliphatic rings. The number of hydrogen-bond acceptors (Lipinski definition) is 4. The number of carbonyl (C=O) groups is 1. The second-order valence-electron chi connectivity index (χ2n) is 5.46. The van der Waals surface area contributed by atoms with Gasteiger partial charge in [0.1, 0.15) is 12.7 Å². The van der Waals surface area contributed by atoms with Gasteiger partial charge < -0.3 is 20.3 Å². The first-order chi connectivity index (χ1) is 12.0. The molecular weight excluding hydrogens is 365 g/mol. The number of benzene rings is 2. The number of amides is 1. The van der Waals surface area contributed by atoms with E-state index in [4.69, 9.17) is 27.9 Å². The summed E-state index contributed by atoms with van der Waals surface area (Å²) in [6.07, 6.45) is -2.77. The average molecular weight is 384 g/mol. The third-order valence-electron chi connectivity index (χ3n) is 3.56. The average Bonchev–Trinajstić information content (AvgIpc) is 2.62. The molecule has 0 radical (unpaired) electrons. The molecule has 2 unspecified atom stereocenters. The van der Waals surface area contributed by atoms with Gasteiger partial charge in [0.05, 0.1) is 6.10 Å². The maximum Gasteiger partial charge on any atom is 0.407 e. The van der Waals surface area contributed by atoms with Crippen LogP contribution in [0.5, 0.6) is 0 Å². The van der Waals surface area contributed by atoms with Crippen molar-refractivity contribution in [3.05, 3.63) is 69.7 Å². The molecule has 0 fully saturated rings. The van der Waals surface area contributed by atoms with Crippen LogP contribution in [0.25, 0.3) is 0 Å². The molecule has 0 bridgehead atoms. The molecule has 0 aliphatic heterocycles. The largest absolute Gasteiger partial charge is 0.445 e. The number of alkyl carbamates (subject to hydrolysis) is 1. The Hall–Kier alpha value is -1.79. The van der Waals surface area contributed by atoms with Gasteiger partial charge in [0, 0.05) is 22.2 Å². The Morgan fingerprint density at radius 1 is 1.12 bits per heavy atom. The van der Waals surface area contributed by atoms with Crippen LogP contribution in [-0.4, -0.2) is 29.0 Å². The van der Waals surface area contributed by atoms with Crippen LogP contribution in [0.3, 0.4) is 0 Å². The third kappa shape index (κ3) is 6.21. The summed E-state index contributed by atoms with van der Waals surface area (Å²) in [5, 5.41) is 23.5. The molecule has 3 N–H and O–H groups in total. The van der Waals surface area contributed by atoms with E-state index < -0.39 is 18.3 Å². The van der Waals surface area contributed by atoms with Crippen LogP contribution in [0, 0.1) is 0 Å². The molecule has 0 spiro atoms. The molecule has 2 aromatic carbocycles. The number of ether oxygens (including phenoxy) is 1. The lowest BCUT2D eigenvalue weighted by atomic mass is 10.0. The lowest BCUT2D eigenvalue weighted by molar-refractivity contribution is 0.0137. The normalized spacial score (nSPS) is 13.1. The number of carbonyl (C=O) groups excluding carboxylic acids is 1. The summed E-state index contributed by atoms with van der Waals surface area (Å²) < 4.78 is 5.06. The van der Waals surface area contributed by atoms with Crippen molar-refractivity contribution in [3.8, 4) is 0 Å². The zero-order valence-corrected chi connectivity index (χ0v) is 14.9. The fraction of sp³-hybridized carbons (Fsp3) is 0.278. The van der Waals surface area contributed by atoms with Gasteiger partial charge in [-0.1, -0.05) is 53.5 Å². The van der Waals surface area contributed by atoms with E-state index >= 15 is 0 Å². The Morgan fingerprint density at radius 3 is 2.56 bits per heavy atom. The first-order valence-corrected chi connectivity index (χ1v) is 8.48. The SMILES string of the molecule is O=C(NCCC(O)C(O)c1cc(Cl)ccc1Cl)OCc1ccccc1. The molecule has 25 heavy (non-hydrogen) atoms. The fourth-order valence-electron chi connectivity index (χ4n) is 2.20. The second-order valence-corrected chi connectivity index (χ2v) is 6.30. The van der Waals surface area contributed by atoms with Gasteiger partial charge in [-0.3, -0.25) is 0 Å². The topological polar surface area (TPSA) is 78.8 Å². The minimum atomic E-state index is -1.20. The Labute approximate surface area is 156 Å². The van der Waals surface area contributed by atoms with Gasteiger partial charge in [-0.15, -0.1) is 0 Å². The van der Waals surface area contributed by atoms with Gasteiger partial charge in [0.2, 0.25) is 0 Å². The van der Waals surface area contributed by atoms with Crippen LogP contribution in [0.2, 0.25) is 10.0 Å². The van der Waals surface area contributed by atoms with E-state index in [0.29, 0.717) is 15.6 Å². The molecular formula is C18H19Cl2NO4. The van der Waals surface area contributed by atoms with Crippen molar-refractivity contribution in [3.63, 3.8) is 0 Å². The summed E-state index contributed by atoms with van der Waals surface area (Å²) >= 11 is 11.9. The number of aliphatic hydroxyl groups is 2. The Morgan fingerprint density at radius 2 is 1.84 bits per heavy atom. The van der Waals surface area contributed by atoms with Crippen molar-refractivity contribution in [2.24, 2.45) is 0 Å². The molecule has 0 saturated heterocycles. The summed E-state index contributed by atoms with van der Waals surface area (Å²) in [7, 11) is 0. The van der Waals surface area contributed by atoms with Crippen molar-refractivity contribution >= 4 is 29.3 Å². The predicted molar refractivity (Wildman–Crippen MR) is 96.7 cm³/mol.